The number of hydrogen-bond acceptors (Lipinski definition) is 4. The topological polar surface area (TPSA) is 83.7 Å². The van der Waals surface area contributed by atoms with Crippen molar-refractivity contribution in [3.8, 4) is 50.3 Å². The van der Waals surface area contributed by atoms with Crippen LogP contribution in [0.4, 0.5) is 0 Å². The highest BCUT2D eigenvalue weighted by atomic mass is 16.5. The van der Waals surface area contributed by atoms with Crippen LogP contribution >= 0.6 is 0 Å². The van der Waals surface area contributed by atoms with Crippen molar-refractivity contribution in [3.63, 3.8) is 0 Å². The maximum Gasteiger partial charge on any atom is 0.335 e. The van der Waals surface area contributed by atoms with Crippen LogP contribution in [-0.4, -0.2) is 25.9 Å². The van der Waals surface area contributed by atoms with E-state index in [4.69, 9.17) is 14.7 Å². The molecule has 7 aromatic rings. The maximum atomic E-state index is 12.2. The van der Waals surface area contributed by atoms with E-state index in [-0.39, 0.29) is 0 Å². The summed E-state index contributed by atoms with van der Waals surface area (Å²) in [6.07, 6.45) is 9.46. The fourth-order valence-corrected chi connectivity index (χ4v) is 7.06. The molecule has 2 aliphatic heterocycles. The summed E-state index contributed by atoms with van der Waals surface area (Å²) in [4.78, 5) is 30.2. The lowest BCUT2D eigenvalue weighted by molar-refractivity contribution is -0.128. The summed E-state index contributed by atoms with van der Waals surface area (Å²) < 4.78 is 5.55. The third-order valence-electron chi connectivity index (χ3n) is 9.40. The molecule has 2 N–H and O–H groups in total. The van der Waals surface area contributed by atoms with E-state index < -0.39 is 5.97 Å². The monoisotopic (exact) mass is 684 g/mol. The number of carbonyl (C=O) groups is 1. The zero-order valence-corrected chi connectivity index (χ0v) is 28.6. The molecule has 3 aromatic heterocycles. The molecule has 2 aliphatic rings. The number of aromatic nitrogens is 4. The molecule has 6 nitrogen and oxygen atoms in total. The quantitative estimate of drug-likeness (QED) is 0.104. The van der Waals surface area contributed by atoms with Gasteiger partial charge in [0.2, 0.25) is 0 Å². The highest BCUT2D eigenvalue weighted by Gasteiger charge is 2.19. The number of rotatable bonds is 6. The Kier molecular flexibility index (Phi) is 8.02. The third-order valence-corrected chi connectivity index (χ3v) is 9.40. The summed E-state index contributed by atoms with van der Waals surface area (Å²) in [5, 5.41) is 0. The van der Waals surface area contributed by atoms with Gasteiger partial charge in [0, 0.05) is 44.9 Å². The van der Waals surface area contributed by atoms with E-state index in [1.807, 2.05) is 66.7 Å². The first-order valence-electron chi connectivity index (χ1n) is 17.4. The largest absolute Gasteiger partial charge is 0.423 e. The summed E-state index contributed by atoms with van der Waals surface area (Å²) in [5.74, 6) is -0.0887. The molecule has 0 atom stereocenters. The van der Waals surface area contributed by atoms with E-state index in [0.717, 1.165) is 95.4 Å². The molecule has 0 amide bonds. The molecular weight excluding hydrogens is 653 g/mol. The summed E-state index contributed by atoms with van der Waals surface area (Å²) >= 11 is 0. The number of nitrogens with zero attached hydrogens (tertiary/aromatic N) is 2. The van der Waals surface area contributed by atoms with E-state index in [1.165, 1.54) is 0 Å². The van der Waals surface area contributed by atoms with Gasteiger partial charge in [-0.3, -0.25) is 0 Å². The van der Waals surface area contributed by atoms with Gasteiger partial charge >= 0.3 is 5.97 Å². The number of nitrogens with one attached hydrogen (secondary N) is 2. The predicted molar refractivity (Wildman–Crippen MR) is 216 cm³/mol. The van der Waals surface area contributed by atoms with Crippen LogP contribution in [0.2, 0.25) is 0 Å². The van der Waals surface area contributed by atoms with Crippen molar-refractivity contribution in [2.24, 2.45) is 0 Å². The molecular formula is C47H32N4O2. The Balaban J connectivity index is 1.44. The van der Waals surface area contributed by atoms with Gasteiger partial charge in [-0.2, -0.15) is 0 Å². The Morgan fingerprint density at radius 2 is 1.09 bits per heavy atom. The highest BCUT2D eigenvalue weighted by molar-refractivity contribution is 6.01. The van der Waals surface area contributed by atoms with Gasteiger partial charge in [-0.05, 0) is 83.0 Å². The smallest absolute Gasteiger partial charge is 0.335 e. The average Bonchev–Trinajstić information content (AvgIpc) is 4.03. The molecule has 8 bridgehead atoms. The van der Waals surface area contributed by atoms with Crippen molar-refractivity contribution in [2.45, 2.75) is 0 Å². The number of ether oxygens (including phenoxy) is 1. The normalized spacial score (nSPS) is 11.8. The summed E-state index contributed by atoms with van der Waals surface area (Å²) in [6.45, 7) is 3.56. The van der Waals surface area contributed by atoms with Crippen molar-refractivity contribution >= 4 is 52.3 Å². The van der Waals surface area contributed by atoms with Crippen LogP contribution in [0.25, 0.3) is 90.9 Å². The molecule has 0 fully saturated rings. The number of hydrogen-bond donors (Lipinski definition) is 2. The van der Waals surface area contributed by atoms with Crippen molar-refractivity contribution in [1.29, 1.82) is 0 Å². The van der Waals surface area contributed by atoms with Gasteiger partial charge in [-0.15, -0.1) is 0 Å². The molecule has 53 heavy (non-hydrogen) atoms. The first kappa shape index (κ1) is 31.7. The SMILES string of the molecule is C=CC(=O)Oc1cccc(-c2cc3cc4nc(c(-c5ccccc5)c5ccc([nH]5)c(-c5ccccc5)c5nc(c(-c6ccccc6)c2[nH]3)C=C5)C=C4)c1. The van der Waals surface area contributed by atoms with Gasteiger partial charge in [0.1, 0.15) is 5.75 Å². The van der Waals surface area contributed by atoms with Crippen molar-refractivity contribution in [2.75, 3.05) is 0 Å². The molecule has 6 heteroatoms. The van der Waals surface area contributed by atoms with Gasteiger partial charge < -0.3 is 14.7 Å². The molecule has 0 radical (unpaired) electrons. The Hall–Kier alpha value is -7.31. The summed E-state index contributed by atoms with van der Waals surface area (Å²) in [7, 11) is 0. The van der Waals surface area contributed by atoms with Gasteiger partial charge in [-0.1, -0.05) is 110 Å². The van der Waals surface area contributed by atoms with Gasteiger partial charge in [0.25, 0.3) is 0 Å². The van der Waals surface area contributed by atoms with Crippen LogP contribution in [0, 0.1) is 0 Å². The number of fused-ring (bicyclic) bond motifs is 8. The van der Waals surface area contributed by atoms with Crippen LogP contribution in [0.3, 0.4) is 0 Å². The zero-order valence-electron chi connectivity index (χ0n) is 28.6. The molecule has 4 aromatic carbocycles. The molecule has 252 valence electrons. The Labute approximate surface area is 306 Å². The van der Waals surface area contributed by atoms with Crippen LogP contribution < -0.4 is 4.74 Å². The predicted octanol–water partition coefficient (Wildman–Crippen LogP) is 11.4. The lowest BCUT2D eigenvalue weighted by atomic mass is 9.99. The first-order valence-corrected chi connectivity index (χ1v) is 17.4. The Morgan fingerprint density at radius 3 is 1.72 bits per heavy atom. The molecule has 0 aliphatic carbocycles. The number of esters is 1. The lowest BCUT2D eigenvalue weighted by Crippen LogP contribution is -2.02. The number of aromatic amines is 2. The number of benzene rings is 4. The van der Waals surface area contributed by atoms with Crippen LogP contribution in [0.5, 0.6) is 5.75 Å². The van der Waals surface area contributed by atoms with Crippen LogP contribution in [0.1, 0.15) is 22.8 Å². The van der Waals surface area contributed by atoms with Gasteiger partial charge in [0.15, 0.2) is 0 Å². The van der Waals surface area contributed by atoms with Gasteiger partial charge in [0.05, 0.1) is 28.3 Å². The van der Waals surface area contributed by atoms with E-state index in [9.17, 15) is 4.79 Å². The zero-order chi connectivity index (χ0) is 35.7. The first-order chi connectivity index (χ1) is 26.1. The molecule has 0 saturated heterocycles. The van der Waals surface area contributed by atoms with Crippen LogP contribution in [-0.2, 0) is 4.79 Å². The minimum Gasteiger partial charge on any atom is -0.423 e. The van der Waals surface area contributed by atoms with E-state index in [2.05, 4.69) is 108 Å². The third kappa shape index (κ3) is 6.09. The lowest BCUT2D eigenvalue weighted by Gasteiger charge is -2.08. The number of H-pyrrole nitrogens is 2. The summed E-state index contributed by atoms with van der Waals surface area (Å²) in [6, 6.07) is 47.0. The minimum absolute atomic E-state index is 0.428. The molecule has 0 saturated carbocycles. The fraction of sp³-hybridized carbons (Fsp3) is 0. The van der Waals surface area contributed by atoms with E-state index in [1.54, 1.807) is 6.07 Å². The fourth-order valence-electron chi connectivity index (χ4n) is 7.06. The molecule has 5 heterocycles. The van der Waals surface area contributed by atoms with Crippen LogP contribution in [0.15, 0.2) is 152 Å². The average molecular weight is 685 g/mol. The van der Waals surface area contributed by atoms with E-state index >= 15 is 0 Å². The van der Waals surface area contributed by atoms with Gasteiger partial charge in [-0.25, -0.2) is 14.8 Å². The number of carbonyl (C=O) groups excluding carboxylic acids is 1. The van der Waals surface area contributed by atoms with Crippen molar-refractivity contribution in [1.82, 2.24) is 19.9 Å². The molecule has 9 rings (SSSR count). The van der Waals surface area contributed by atoms with E-state index in [0.29, 0.717) is 5.75 Å². The summed E-state index contributed by atoms with van der Waals surface area (Å²) in [5.41, 5.74) is 14.8. The molecule has 0 spiro atoms. The maximum absolute atomic E-state index is 12.2. The second-order valence-corrected chi connectivity index (χ2v) is 12.8. The Bertz CT molecular complexity index is 2780. The molecule has 0 unspecified atom stereocenters. The van der Waals surface area contributed by atoms with Crippen molar-refractivity contribution in [3.05, 3.63) is 175 Å². The standard InChI is InChI=1S/C47H32N4O2/c1-2-43(52)53-36-20-12-19-33(27-36)37-29-35-28-34-21-22-38(48-34)44(30-13-6-3-7-14-30)39-23-24-40(50-39)45(31-15-8-4-9-16-31)41-25-26-42(51-41)46(47(37)49-35)32-17-10-5-11-18-32/h2-29,49-50H,1H2. The Morgan fingerprint density at radius 1 is 0.547 bits per heavy atom. The minimum atomic E-state index is -0.517. The second kappa shape index (κ2) is 13.4. The highest BCUT2D eigenvalue weighted by Crippen LogP contribution is 2.39. The van der Waals surface area contributed by atoms with Crippen molar-refractivity contribution < 1.29 is 9.53 Å². The second-order valence-electron chi connectivity index (χ2n) is 12.8.